The van der Waals surface area contributed by atoms with E-state index in [0.717, 1.165) is 29.9 Å². The second-order valence-electron chi connectivity index (χ2n) is 4.93. The molecular formula is C14H19ClN4. The van der Waals surface area contributed by atoms with Gasteiger partial charge < -0.3 is 0 Å². The van der Waals surface area contributed by atoms with Gasteiger partial charge in [-0.05, 0) is 25.3 Å². The summed E-state index contributed by atoms with van der Waals surface area (Å²) in [5.74, 6) is 0.972. The zero-order chi connectivity index (χ0) is 14.0. The fraction of sp³-hybridized carbons (Fsp3) is 0.500. The van der Waals surface area contributed by atoms with E-state index in [-0.39, 0.29) is 0 Å². The summed E-state index contributed by atoms with van der Waals surface area (Å²) in [6, 6.07) is 1.93. The Morgan fingerprint density at radius 2 is 2.05 bits per heavy atom. The van der Waals surface area contributed by atoms with Crippen LogP contribution in [0.1, 0.15) is 44.4 Å². The van der Waals surface area contributed by atoms with Crippen molar-refractivity contribution in [3.8, 4) is 11.5 Å². The molecule has 0 bridgehead atoms. The number of rotatable bonds is 4. The van der Waals surface area contributed by atoms with E-state index in [9.17, 15) is 0 Å². The normalized spacial score (nSPS) is 11.3. The molecular weight excluding hydrogens is 260 g/mol. The molecule has 0 aliphatic carbocycles. The van der Waals surface area contributed by atoms with E-state index in [1.165, 1.54) is 0 Å². The van der Waals surface area contributed by atoms with E-state index in [0.29, 0.717) is 16.9 Å². The molecule has 0 fully saturated rings. The molecule has 0 aliphatic rings. The topological polar surface area (TPSA) is 43.6 Å². The summed E-state index contributed by atoms with van der Waals surface area (Å²) in [6.45, 7) is 9.14. The summed E-state index contributed by atoms with van der Waals surface area (Å²) in [6.07, 6.45) is 2.79. The molecule has 0 saturated carbocycles. The van der Waals surface area contributed by atoms with Crippen molar-refractivity contribution in [2.75, 3.05) is 0 Å². The second-order valence-corrected chi connectivity index (χ2v) is 5.29. The Morgan fingerprint density at radius 3 is 2.63 bits per heavy atom. The molecule has 2 heterocycles. The van der Waals surface area contributed by atoms with Gasteiger partial charge in [0.1, 0.15) is 10.8 Å². The van der Waals surface area contributed by atoms with Gasteiger partial charge in [-0.15, -0.1) is 0 Å². The third kappa shape index (κ3) is 2.78. The maximum atomic E-state index is 6.30. The zero-order valence-electron chi connectivity index (χ0n) is 11.8. The minimum absolute atomic E-state index is 0.321. The van der Waals surface area contributed by atoms with Gasteiger partial charge in [-0.25, -0.2) is 9.97 Å². The minimum Gasteiger partial charge on any atom is -0.262 e. The number of nitrogens with zero attached hydrogens (tertiary/aromatic N) is 4. The van der Waals surface area contributed by atoms with E-state index in [1.807, 2.05) is 17.7 Å². The molecule has 2 aromatic rings. The number of aromatic nitrogens is 4. The lowest BCUT2D eigenvalue weighted by Gasteiger charge is -2.12. The van der Waals surface area contributed by atoms with Gasteiger partial charge in [0.05, 0.1) is 0 Å². The summed E-state index contributed by atoms with van der Waals surface area (Å²) in [4.78, 5) is 9.02. The molecule has 19 heavy (non-hydrogen) atoms. The quantitative estimate of drug-likeness (QED) is 0.798. The molecule has 2 aromatic heterocycles. The maximum Gasteiger partial charge on any atom is 0.179 e. The Kier molecular flexibility index (Phi) is 4.20. The highest BCUT2D eigenvalue weighted by Crippen LogP contribution is 2.27. The third-order valence-corrected chi connectivity index (χ3v) is 3.34. The molecule has 0 radical (unpaired) electrons. The average Bonchev–Trinajstić information content (AvgIpc) is 2.76. The summed E-state index contributed by atoms with van der Waals surface area (Å²) >= 11 is 6.30. The van der Waals surface area contributed by atoms with Crippen molar-refractivity contribution in [1.29, 1.82) is 0 Å². The number of aryl methyl sites for hydroxylation is 2. The molecule has 0 N–H and O–H groups in total. The summed E-state index contributed by atoms with van der Waals surface area (Å²) in [7, 11) is 0. The van der Waals surface area contributed by atoms with Gasteiger partial charge in [0, 0.05) is 24.0 Å². The van der Waals surface area contributed by atoms with Gasteiger partial charge in [-0.2, -0.15) is 5.10 Å². The van der Waals surface area contributed by atoms with Crippen LogP contribution in [0.5, 0.6) is 0 Å². The predicted octanol–water partition coefficient (Wildman–Crippen LogP) is 3.84. The largest absolute Gasteiger partial charge is 0.262 e. The molecule has 0 unspecified atom stereocenters. The van der Waals surface area contributed by atoms with Crippen molar-refractivity contribution in [3.05, 3.63) is 28.7 Å². The standard InChI is InChI=1S/C14H19ClN4/c1-5-8-19-11(6-7-16-19)14-17-10(4)12(9(2)3)13(15)18-14/h6-7,9H,5,8H2,1-4H3. The smallest absolute Gasteiger partial charge is 0.179 e. The Morgan fingerprint density at radius 1 is 1.32 bits per heavy atom. The van der Waals surface area contributed by atoms with Crippen molar-refractivity contribution in [2.24, 2.45) is 0 Å². The van der Waals surface area contributed by atoms with Crippen LogP contribution < -0.4 is 0 Å². The summed E-state index contributed by atoms with van der Waals surface area (Å²) < 4.78 is 1.92. The molecule has 0 aliphatic heterocycles. The third-order valence-electron chi connectivity index (χ3n) is 3.05. The van der Waals surface area contributed by atoms with Crippen LogP contribution in [0.3, 0.4) is 0 Å². The Balaban J connectivity index is 2.49. The molecule has 4 nitrogen and oxygen atoms in total. The van der Waals surface area contributed by atoms with E-state index in [2.05, 4.69) is 35.8 Å². The SMILES string of the molecule is CCCn1nccc1-c1nc(C)c(C(C)C)c(Cl)n1. The first-order chi connectivity index (χ1) is 9.04. The second kappa shape index (κ2) is 5.70. The lowest BCUT2D eigenvalue weighted by atomic mass is 10.0. The van der Waals surface area contributed by atoms with Crippen LogP contribution in [0.4, 0.5) is 0 Å². The van der Waals surface area contributed by atoms with Gasteiger partial charge in [-0.3, -0.25) is 4.68 Å². The van der Waals surface area contributed by atoms with Crippen LogP contribution in [0.25, 0.3) is 11.5 Å². The van der Waals surface area contributed by atoms with Crippen LogP contribution >= 0.6 is 11.6 Å². The number of halogens is 1. The van der Waals surface area contributed by atoms with Crippen molar-refractivity contribution in [2.45, 2.75) is 46.6 Å². The van der Waals surface area contributed by atoms with Crippen molar-refractivity contribution in [1.82, 2.24) is 19.7 Å². The van der Waals surface area contributed by atoms with Crippen LogP contribution in [0, 0.1) is 6.92 Å². The Bertz CT molecular complexity index is 552. The fourth-order valence-corrected chi connectivity index (χ4v) is 2.66. The first-order valence-corrected chi connectivity index (χ1v) is 6.98. The van der Waals surface area contributed by atoms with E-state index in [4.69, 9.17) is 11.6 Å². The zero-order valence-corrected chi connectivity index (χ0v) is 12.6. The highest BCUT2D eigenvalue weighted by Gasteiger charge is 2.16. The van der Waals surface area contributed by atoms with Gasteiger partial charge >= 0.3 is 0 Å². The van der Waals surface area contributed by atoms with Gasteiger partial charge in [0.25, 0.3) is 0 Å². The van der Waals surface area contributed by atoms with Crippen LogP contribution in [0.2, 0.25) is 5.15 Å². The summed E-state index contributed by atoms with van der Waals surface area (Å²) in [5.41, 5.74) is 2.88. The van der Waals surface area contributed by atoms with Crippen molar-refractivity contribution < 1.29 is 0 Å². The van der Waals surface area contributed by atoms with Gasteiger partial charge in [-0.1, -0.05) is 32.4 Å². The Labute approximate surface area is 118 Å². The van der Waals surface area contributed by atoms with Crippen LogP contribution in [-0.4, -0.2) is 19.7 Å². The van der Waals surface area contributed by atoms with Gasteiger partial charge in [0.2, 0.25) is 0 Å². The fourth-order valence-electron chi connectivity index (χ4n) is 2.23. The van der Waals surface area contributed by atoms with Crippen molar-refractivity contribution >= 4 is 11.6 Å². The van der Waals surface area contributed by atoms with Crippen molar-refractivity contribution in [3.63, 3.8) is 0 Å². The van der Waals surface area contributed by atoms with Gasteiger partial charge in [0.15, 0.2) is 5.82 Å². The molecule has 2 rings (SSSR count). The van der Waals surface area contributed by atoms with Crippen LogP contribution in [0.15, 0.2) is 12.3 Å². The molecule has 0 saturated heterocycles. The lowest BCUT2D eigenvalue weighted by Crippen LogP contribution is -2.06. The maximum absolute atomic E-state index is 6.30. The van der Waals surface area contributed by atoms with E-state index >= 15 is 0 Å². The number of hydrogen-bond acceptors (Lipinski definition) is 3. The molecule has 0 aromatic carbocycles. The van der Waals surface area contributed by atoms with Crippen LogP contribution in [-0.2, 0) is 6.54 Å². The molecule has 0 amide bonds. The molecule has 0 spiro atoms. The average molecular weight is 279 g/mol. The van der Waals surface area contributed by atoms with E-state index < -0.39 is 0 Å². The molecule has 0 atom stereocenters. The number of hydrogen-bond donors (Lipinski definition) is 0. The first kappa shape index (κ1) is 14.0. The highest BCUT2D eigenvalue weighted by atomic mass is 35.5. The van der Waals surface area contributed by atoms with E-state index in [1.54, 1.807) is 6.20 Å². The lowest BCUT2D eigenvalue weighted by molar-refractivity contribution is 0.606. The highest BCUT2D eigenvalue weighted by molar-refractivity contribution is 6.30. The Hall–Kier alpha value is -1.42. The monoisotopic (exact) mass is 278 g/mol. The first-order valence-electron chi connectivity index (χ1n) is 6.60. The minimum atomic E-state index is 0.321. The molecule has 5 heteroatoms. The molecule has 102 valence electrons. The summed E-state index contributed by atoms with van der Waals surface area (Å²) in [5, 5.41) is 4.84. The predicted molar refractivity (Wildman–Crippen MR) is 77.4 cm³/mol.